The molecule has 10 heteroatoms. The highest BCUT2D eigenvalue weighted by molar-refractivity contribution is 7.13. The van der Waals surface area contributed by atoms with Crippen molar-refractivity contribution in [3.05, 3.63) is 68.9 Å². The van der Waals surface area contributed by atoms with Gasteiger partial charge in [-0.25, -0.2) is 13.8 Å². The van der Waals surface area contributed by atoms with Crippen molar-refractivity contribution >= 4 is 34.5 Å². The minimum absolute atomic E-state index is 0.0269. The van der Waals surface area contributed by atoms with Crippen LogP contribution in [0.15, 0.2) is 41.8 Å². The first-order chi connectivity index (χ1) is 17.5. The molecular formula is C27H29F2N3O4S. The van der Waals surface area contributed by atoms with Crippen LogP contribution in [0.3, 0.4) is 0 Å². The molecule has 1 aliphatic heterocycles. The molecular weight excluding hydrogens is 500 g/mol. The number of aromatic nitrogens is 1. The lowest BCUT2D eigenvalue weighted by Gasteiger charge is -2.42. The first-order valence-electron chi connectivity index (χ1n) is 12.1. The van der Waals surface area contributed by atoms with E-state index in [1.54, 1.807) is 20.2 Å². The number of fused-ring (bicyclic) bond motifs is 1. The number of rotatable bonds is 5. The number of ketones is 1. The van der Waals surface area contributed by atoms with Crippen LogP contribution in [-0.2, 0) is 20.8 Å². The number of piperidine rings is 1. The van der Waals surface area contributed by atoms with Gasteiger partial charge in [0, 0.05) is 56.2 Å². The molecule has 1 aromatic carbocycles. The summed E-state index contributed by atoms with van der Waals surface area (Å²) in [6.07, 6.45) is 4.15. The third kappa shape index (κ3) is 5.20. The van der Waals surface area contributed by atoms with E-state index in [1.165, 1.54) is 28.1 Å². The Kier molecular flexibility index (Phi) is 7.59. The molecule has 0 bridgehead atoms. The highest BCUT2D eigenvalue weighted by atomic mass is 32.1. The standard InChI is InChI=1S/C27H29F2N3O4S/c1-14(2)32-13-20(26(35)31(3)4)18-6-5-7-19(23(33)24(34)22(18)27(32)36)25-30-12-17(37-25)10-15-8-9-16(28)11-21(15)29/h7-9,11-12,14,18,20,34H,5-6,10,13H2,1-4H3/b19-7+,24-22-. The Morgan fingerprint density at radius 1 is 1.27 bits per heavy atom. The monoisotopic (exact) mass is 529 g/mol. The number of hydrogen-bond donors (Lipinski definition) is 1. The topological polar surface area (TPSA) is 90.8 Å². The van der Waals surface area contributed by atoms with E-state index in [4.69, 9.17) is 0 Å². The van der Waals surface area contributed by atoms with E-state index in [9.17, 15) is 28.3 Å². The van der Waals surface area contributed by atoms with E-state index in [0.717, 1.165) is 17.4 Å². The zero-order valence-electron chi connectivity index (χ0n) is 21.1. The summed E-state index contributed by atoms with van der Waals surface area (Å²) in [5.41, 5.74) is 0.422. The van der Waals surface area contributed by atoms with Crippen LogP contribution in [0.5, 0.6) is 0 Å². The first kappa shape index (κ1) is 26.7. The Hall–Kier alpha value is -3.40. The SMILES string of the molecule is CC(C)N1CC(C(=O)N(C)C)C2CC/C=C(/c3ncc(Cc4ccc(F)cc4F)s3)C(=O)/C(O)=C\2C1=O. The van der Waals surface area contributed by atoms with Crippen LogP contribution >= 0.6 is 11.3 Å². The first-order valence-corrected chi connectivity index (χ1v) is 12.9. The van der Waals surface area contributed by atoms with Crippen LogP contribution < -0.4 is 0 Å². The number of carbonyl (C=O) groups excluding carboxylic acids is 3. The average Bonchev–Trinajstić information content (AvgIpc) is 3.29. The van der Waals surface area contributed by atoms with Gasteiger partial charge in [0.2, 0.25) is 11.7 Å². The number of amides is 2. The largest absolute Gasteiger partial charge is 0.504 e. The zero-order valence-corrected chi connectivity index (χ0v) is 21.9. The van der Waals surface area contributed by atoms with Crippen LogP contribution in [-0.4, -0.2) is 64.2 Å². The summed E-state index contributed by atoms with van der Waals surface area (Å²) in [7, 11) is 3.29. The second-order valence-electron chi connectivity index (χ2n) is 9.83. The second kappa shape index (κ2) is 10.5. The van der Waals surface area contributed by atoms with Gasteiger partial charge >= 0.3 is 0 Å². The Labute approximate surface area is 218 Å². The molecule has 7 nitrogen and oxygen atoms in total. The molecule has 1 aromatic heterocycles. The summed E-state index contributed by atoms with van der Waals surface area (Å²) in [4.78, 5) is 47.8. The summed E-state index contributed by atoms with van der Waals surface area (Å²) >= 11 is 1.16. The number of benzene rings is 1. The predicted octanol–water partition coefficient (Wildman–Crippen LogP) is 4.14. The lowest BCUT2D eigenvalue weighted by molar-refractivity contribution is -0.142. The number of Topliss-reactive ketones (excluding diaryl/α,β-unsaturated/α-hetero) is 1. The number of aliphatic hydroxyl groups excluding tert-OH is 1. The Balaban J connectivity index is 1.68. The van der Waals surface area contributed by atoms with Crippen molar-refractivity contribution in [1.82, 2.24) is 14.8 Å². The van der Waals surface area contributed by atoms with E-state index >= 15 is 0 Å². The molecule has 1 N–H and O–H groups in total. The minimum atomic E-state index is -0.733. The number of carbonyl (C=O) groups is 3. The molecule has 1 aliphatic carbocycles. The molecule has 0 saturated carbocycles. The van der Waals surface area contributed by atoms with Gasteiger partial charge in [0.25, 0.3) is 5.91 Å². The third-order valence-corrected chi connectivity index (χ3v) is 7.86. The third-order valence-electron chi connectivity index (χ3n) is 6.83. The second-order valence-corrected chi connectivity index (χ2v) is 10.9. The molecule has 0 radical (unpaired) electrons. The maximum atomic E-state index is 14.1. The molecule has 2 atom stereocenters. The lowest BCUT2D eigenvalue weighted by Crippen LogP contribution is -2.54. The van der Waals surface area contributed by atoms with Crippen molar-refractivity contribution in [2.45, 2.75) is 39.2 Å². The Morgan fingerprint density at radius 2 is 2.00 bits per heavy atom. The van der Waals surface area contributed by atoms with Gasteiger partial charge in [-0.3, -0.25) is 14.4 Å². The van der Waals surface area contributed by atoms with Crippen molar-refractivity contribution < 1.29 is 28.3 Å². The van der Waals surface area contributed by atoms with Gasteiger partial charge in [0.15, 0.2) is 5.76 Å². The lowest BCUT2D eigenvalue weighted by atomic mass is 9.75. The summed E-state index contributed by atoms with van der Waals surface area (Å²) in [6.45, 7) is 3.86. The van der Waals surface area contributed by atoms with Gasteiger partial charge < -0.3 is 14.9 Å². The molecule has 1 saturated heterocycles. The maximum absolute atomic E-state index is 14.1. The molecule has 37 heavy (non-hydrogen) atoms. The number of likely N-dealkylation sites (tertiary alicyclic amines) is 1. The van der Waals surface area contributed by atoms with Crippen LogP contribution in [0.25, 0.3) is 5.57 Å². The summed E-state index contributed by atoms with van der Waals surface area (Å²) in [6, 6.07) is 3.13. The van der Waals surface area contributed by atoms with Crippen LogP contribution in [0.2, 0.25) is 0 Å². The van der Waals surface area contributed by atoms with Crippen molar-refractivity contribution in [2.24, 2.45) is 11.8 Å². The van der Waals surface area contributed by atoms with Gasteiger partial charge in [-0.2, -0.15) is 0 Å². The molecule has 2 amide bonds. The molecule has 2 aromatic rings. The summed E-state index contributed by atoms with van der Waals surface area (Å²) in [5, 5.41) is 11.5. The highest BCUT2D eigenvalue weighted by Crippen LogP contribution is 2.39. The van der Waals surface area contributed by atoms with E-state index in [0.29, 0.717) is 28.3 Å². The number of aliphatic hydroxyl groups is 1. The molecule has 1 fully saturated rings. The van der Waals surface area contributed by atoms with Gasteiger partial charge in [-0.15, -0.1) is 11.3 Å². The van der Waals surface area contributed by atoms with Gasteiger partial charge in [0.1, 0.15) is 16.6 Å². The van der Waals surface area contributed by atoms with Gasteiger partial charge in [-0.05, 0) is 38.3 Å². The number of halogens is 2. The van der Waals surface area contributed by atoms with Gasteiger partial charge in [-0.1, -0.05) is 12.1 Å². The molecule has 0 spiro atoms. The molecule has 2 heterocycles. The fourth-order valence-electron chi connectivity index (χ4n) is 4.89. The molecule has 2 unspecified atom stereocenters. The maximum Gasteiger partial charge on any atom is 0.254 e. The molecule has 4 rings (SSSR count). The predicted molar refractivity (Wildman–Crippen MR) is 136 cm³/mol. The van der Waals surface area contributed by atoms with Crippen LogP contribution in [0, 0.1) is 23.5 Å². The number of thiazole rings is 1. The normalized spacial score (nSPS) is 23.9. The number of nitrogens with zero attached hydrogens (tertiary/aromatic N) is 3. The van der Waals surface area contributed by atoms with E-state index in [1.807, 2.05) is 13.8 Å². The number of hydrogen-bond acceptors (Lipinski definition) is 6. The Bertz CT molecular complexity index is 1310. The van der Waals surface area contributed by atoms with E-state index in [-0.39, 0.29) is 36.1 Å². The number of allylic oxidation sites excluding steroid dienone is 2. The van der Waals surface area contributed by atoms with E-state index in [2.05, 4.69) is 4.98 Å². The van der Waals surface area contributed by atoms with Crippen molar-refractivity contribution in [2.75, 3.05) is 20.6 Å². The summed E-state index contributed by atoms with van der Waals surface area (Å²) < 4.78 is 27.3. The van der Waals surface area contributed by atoms with Gasteiger partial charge in [0.05, 0.1) is 17.1 Å². The fourth-order valence-corrected chi connectivity index (χ4v) is 5.86. The minimum Gasteiger partial charge on any atom is -0.504 e. The van der Waals surface area contributed by atoms with Crippen molar-refractivity contribution in [3.63, 3.8) is 0 Å². The van der Waals surface area contributed by atoms with E-state index < -0.39 is 40.9 Å². The average molecular weight is 530 g/mol. The fraction of sp³-hybridized carbons (Fsp3) is 0.407. The van der Waals surface area contributed by atoms with Crippen molar-refractivity contribution in [1.29, 1.82) is 0 Å². The summed E-state index contributed by atoms with van der Waals surface area (Å²) in [5.74, 6) is -4.50. The smallest absolute Gasteiger partial charge is 0.254 e. The Morgan fingerprint density at radius 3 is 2.65 bits per heavy atom. The highest BCUT2D eigenvalue weighted by Gasteiger charge is 2.46. The zero-order chi connectivity index (χ0) is 27.0. The van der Waals surface area contributed by atoms with Crippen molar-refractivity contribution in [3.8, 4) is 0 Å². The molecule has 2 aliphatic rings. The molecule has 196 valence electrons. The quantitative estimate of drug-likeness (QED) is 0.629. The van der Waals surface area contributed by atoms with Crippen LogP contribution in [0.1, 0.15) is 42.1 Å². The van der Waals surface area contributed by atoms with Crippen LogP contribution in [0.4, 0.5) is 8.78 Å².